The molecule has 0 aliphatic carbocycles. The molecule has 3 heterocycles. The van der Waals surface area contributed by atoms with Crippen molar-refractivity contribution in [3.8, 4) is 10.6 Å². The Morgan fingerprint density at radius 3 is 2.57 bits per heavy atom. The predicted molar refractivity (Wildman–Crippen MR) is 116 cm³/mol. The van der Waals surface area contributed by atoms with E-state index >= 15 is 0 Å². The number of hydrogen-bond acceptors (Lipinski definition) is 4. The van der Waals surface area contributed by atoms with Crippen LogP contribution in [-0.4, -0.2) is 19.6 Å². The van der Waals surface area contributed by atoms with E-state index in [2.05, 4.69) is 10.2 Å². The highest BCUT2D eigenvalue weighted by molar-refractivity contribution is 7.13. The molecule has 0 bridgehead atoms. The van der Waals surface area contributed by atoms with Gasteiger partial charge in [0.15, 0.2) is 0 Å². The van der Waals surface area contributed by atoms with Gasteiger partial charge in [-0.1, -0.05) is 35.3 Å². The smallest absolute Gasteiger partial charge is 0.265 e. The van der Waals surface area contributed by atoms with Gasteiger partial charge in [0.1, 0.15) is 11.2 Å². The van der Waals surface area contributed by atoms with Gasteiger partial charge in [0.05, 0.1) is 38.6 Å². The number of halogens is 2. The molecule has 28 heavy (non-hydrogen) atoms. The molecule has 4 rings (SSSR count). The molecule has 0 saturated heterocycles. The number of rotatable bonds is 3. The molecule has 0 N–H and O–H groups in total. The molecule has 8 heteroatoms. The molecule has 0 aliphatic rings. The first-order valence-corrected chi connectivity index (χ1v) is 10.4. The monoisotopic (exact) mass is 432 g/mol. The first-order valence-electron chi connectivity index (χ1n) is 8.73. The summed E-state index contributed by atoms with van der Waals surface area (Å²) in [4.78, 5) is 14.3. The number of benzene rings is 1. The lowest BCUT2D eigenvalue weighted by atomic mass is 10.1. The lowest BCUT2D eigenvalue weighted by Crippen LogP contribution is -2.30. The second kappa shape index (κ2) is 7.03. The van der Waals surface area contributed by atoms with Crippen molar-refractivity contribution in [3.63, 3.8) is 0 Å². The maximum absolute atomic E-state index is 13.3. The Kier molecular flexibility index (Phi) is 4.81. The normalized spacial score (nSPS) is 12.0. The Morgan fingerprint density at radius 2 is 1.93 bits per heavy atom. The fraction of sp³-hybridized carbons (Fsp3) is 0.250. The second-order valence-electron chi connectivity index (χ2n) is 7.53. The van der Waals surface area contributed by atoms with Crippen molar-refractivity contribution in [2.75, 3.05) is 0 Å². The minimum absolute atomic E-state index is 0.186. The van der Waals surface area contributed by atoms with Crippen molar-refractivity contribution in [2.24, 2.45) is 0 Å². The van der Waals surface area contributed by atoms with E-state index in [1.807, 2.05) is 44.4 Å². The van der Waals surface area contributed by atoms with Gasteiger partial charge in [-0.05, 0) is 49.9 Å². The average Bonchev–Trinajstić information content (AvgIpc) is 3.30. The van der Waals surface area contributed by atoms with Crippen LogP contribution in [0.1, 0.15) is 26.3 Å². The van der Waals surface area contributed by atoms with Gasteiger partial charge in [0.25, 0.3) is 5.56 Å². The van der Waals surface area contributed by atoms with Crippen LogP contribution in [0.5, 0.6) is 0 Å². The zero-order valence-corrected chi connectivity index (χ0v) is 17.9. The van der Waals surface area contributed by atoms with Crippen LogP contribution in [0, 0.1) is 0 Å². The van der Waals surface area contributed by atoms with Gasteiger partial charge < -0.3 is 0 Å². The molecule has 1 aromatic carbocycles. The third-order valence-corrected chi connectivity index (χ3v) is 6.00. The van der Waals surface area contributed by atoms with Crippen LogP contribution in [-0.2, 0) is 12.1 Å². The van der Waals surface area contributed by atoms with Gasteiger partial charge in [-0.3, -0.25) is 9.48 Å². The van der Waals surface area contributed by atoms with Crippen molar-refractivity contribution >= 4 is 45.4 Å². The fourth-order valence-corrected chi connectivity index (χ4v) is 4.14. The van der Waals surface area contributed by atoms with Crippen LogP contribution in [0.2, 0.25) is 10.0 Å². The summed E-state index contributed by atoms with van der Waals surface area (Å²) >= 11 is 13.7. The molecule has 3 aromatic heterocycles. The highest BCUT2D eigenvalue weighted by Crippen LogP contribution is 2.30. The van der Waals surface area contributed by atoms with E-state index in [0.29, 0.717) is 22.1 Å². The van der Waals surface area contributed by atoms with E-state index < -0.39 is 0 Å². The predicted octanol–water partition coefficient (Wildman–Crippen LogP) is 5.43. The number of thiophene rings is 1. The minimum atomic E-state index is -0.337. The van der Waals surface area contributed by atoms with Crippen molar-refractivity contribution in [2.45, 2.75) is 32.9 Å². The van der Waals surface area contributed by atoms with Crippen molar-refractivity contribution < 1.29 is 0 Å². The number of hydrogen-bond donors (Lipinski definition) is 0. The lowest BCUT2D eigenvalue weighted by Gasteiger charge is -2.20. The first-order chi connectivity index (χ1) is 13.3. The topological polar surface area (TPSA) is 52.7 Å². The largest absolute Gasteiger partial charge is 0.293 e. The molecule has 144 valence electrons. The Balaban J connectivity index is 1.97. The van der Waals surface area contributed by atoms with Crippen molar-refractivity contribution in [1.29, 1.82) is 0 Å². The van der Waals surface area contributed by atoms with Crippen LogP contribution < -0.4 is 5.56 Å². The van der Waals surface area contributed by atoms with Crippen molar-refractivity contribution in [3.05, 3.63) is 67.9 Å². The van der Waals surface area contributed by atoms with Gasteiger partial charge in [-0.15, -0.1) is 11.3 Å². The second-order valence-corrected chi connectivity index (χ2v) is 9.29. The number of fused-ring (bicyclic) bond motifs is 1. The molecule has 0 spiro atoms. The van der Waals surface area contributed by atoms with E-state index in [0.717, 1.165) is 21.5 Å². The van der Waals surface area contributed by atoms with Gasteiger partial charge in [0, 0.05) is 0 Å². The molecular formula is C20H18Cl2N4OS. The molecule has 0 fully saturated rings. The van der Waals surface area contributed by atoms with E-state index in [1.165, 1.54) is 4.68 Å². The molecule has 0 amide bonds. The van der Waals surface area contributed by atoms with Crippen LogP contribution in [0.4, 0.5) is 0 Å². The summed E-state index contributed by atoms with van der Waals surface area (Å²) < 4.78 is 3.25. The highest BCUT2D eigenvalue weighted by atomic mass is 35.5. The summed E-state index contributed by atoms with van der Waals surface area (Å²) in [6.45, 7) is 6.35. The third-order valence-electron chi connectivity index (χ3n) is 4.39. The maximum atomic E-state index is 13.3. The van der Waals surface area contributed by atoms with E-state index in [1.54, 1.807) is 34.3 Å². The summed E-state index contributed by atoms with van der Waals surface area (Å²) in [5.41, 5.74) is 1.62. The average molecular weight is 433 g/mol. The molecule has 0 radical (unpaired) electrons. The van der Waals surface area contributed by atoms with Crippen molar-refractivity contribution in [1.82, 2.24) is 19.6 Å². The summed E-state index contributed by atoms with van der Waals surface area (Å²) in [5.74, 6) is 0. The summed E-state index contributed by atoms with van der Waals surface area (Å²) in [7, 11) is 0. The first kappa shape index (κ1) is 19.2. The standard InChI is InChI=1S/C20H18Cl2N4OS/c1-20(2,3)26-18-13(10-23-26)17(16-5-4-8-28-16)24-25(19(18)27)11-12-6-7-14(21)15(22)9-12/h4-10H,11H2,1-3H3. The third kappa shape index (κ3) is 3.36. The van der Waals surface area contributed by atoms with E-state index in [9.17, 15) is 4.79 Å². The molecule has 0 atom stereocenters. The maximum Gasteiger partial charge on any atom is 0.293 e. The SMILES string of the molecule is CC(C)(C)n1ncc2c(-c3cccs3)nn(Cc3ccc(Cl)c(Cl)c3)c(=O)c21. The van der Waals surface area contributed by atoms with Gasteiger partial charge in [0.2, 0.25) is 0 Å². The molecular weight excluding hydrogens is 415 g/mol. The van der Waals surface area contributed by atoms with Gasteiger partial charge in [-0.2, -0.15) is 10.2 Å². The summed E-state index contributed by atoms with van der Waals surface area (Å²) in [5, 5.41) is 12.8. The Hall–Kier alpha value is -2.15. The summed E-state index contributed by atoms with van der Waals surface area (Å²) in [6.07, 6.45) is 1.73. The van der Waals surface area contributed by atoms with E-state index in [4.69, 9.17) is 23.2 Å². The Bertz CT molecular complexity index is 1220. The molecule has 4 aromatic rings. The molecule has 0 saturated carbocycles. The van der Waals surface area contributed by atoms with E-state index in [-0.39, 0.29) is 11.1 Å². The molecule has 5 nitrogen and oxygen atoms in total. The van der Waals surface area contributed by atoms with Crippen LogP contribution in [0.25, 0.3) is 21.5 Å². The van der Waals surface area contributed by atoms with Gasteiger partial charge in [-0.25, -0.2) is 4.68 Å². The van der Waals surface area contributed by atoms with Gasteiger partial charge >= 0.3 is 0 Å². The Labute approximate surface area is 176 Å². The fourth-order valence-electron chi connectivity index (χ4n) is 3.09. The molecule has 0 unspecified atom stereocenters. The molecule has 0 aliphatic heterocycles. The van der Waals surface area contributed by atoms with Crippen LogP contribution >= 0.6 is 34.5 Å². The zero-order chi connectivity index (χ0) is 20.1. The lowest BCUT2D eigenvalue weighted by molar-refractivity contribution is 0.366. The highest BCUT2D eigenvalue weighted by Gasteiger charge is 2.23. The number of aromatic nitrogens is 4. The quantitative estimate of drug-likeness (QED) is 0.433. The summed E-state index contributed by atoms with van der Waals surface area (Å²) in [6, 6.07) is 9.29. The van der Waals surface area contributed by atoms with Crippen LogP contribution in [0.3, 0.4) is 0 Å². The Morgan fingerprint density at radius 1 is 1.14 bits per heavy atom. The minimum Gasteiger partial charge on any atom is -0.265 e. The van der Waals surface area contributed by atoms with Crippen LogP contribution in [0.15, 0.2) is 46.7 Å². The zero-order valence-electron chi connectivity index (χ0n) is 15.6. The number of nitrogens with zero attached hydrogens (tertiary/aromatic N) is 4.